The lowest BCUT2D eigenvalue weighted by molar-refractivity contribution is -0.236. The van der Waals surface area contributed by atoms with Crippen LogP contribution in [0.2, 0.25) is 0 Å². The molecule has 0 saturated heterocycles. The van der Waals surface area contributed by atoms with Gasteiger partial charge in [0.05, 0.1) is 29.2 Å². The van der Waals surface area contributed by atoms with Crippen molar-refractivity contribution >= 4 is 26.6 Å². The van der Waals surface area contributed by atoms with Crippen molar-refractivity contribution in [2.45, 2.75) is 19.1 Å². The third-order valence-electron chi connectivity index (χ3n) is 0.918. The van der Waals surface area contributed by atoms with Gasteiger partial charge < -0.3 is 14.6 Å². The van der Waals surface area contributed by atoms with Gasteiger partial charge in [0.15, 0.2) is 0 Å². The molecular formula is C6H9F2IO4. The summed E-state index contributed by atoms with van der Waals surface area (Å²) in [7, 11) is 0. The zero-order valence-corrected chi connectivity index (χ0v) is 8.95. The van der Waals surface area contributed by atoms with Crippen LogP contribution < -0.4 is 0 Å². The Hall–Kier alpha value is -0.0200. The van der Waals surface area contributed by atoms with Crippen molar-refractivity contribution in [1.82, 2.24) is 0 Å². The Labute approximate surface area is 87.3 Å². The average Bonchev–Trinajstić information content (AvgIpc) is 1.95. The fourth-order valence-electron chi connectivity index (χ4n) is 0.452. The van der Waals surface area contributed by atoms with E-state index in [2.05, 4.69) is 9.47 Å². The van der Waals surface area contributed by atoms with Crippen molar-refractivity contribution in [3.8, 4) is 0 Å². The zero-order chi connectivity index (χ0) is 10.5. The van der Waals surface area contributed by atoms with Gasteiger partial charge in [-0.3, -0.25) is 0 Å². The highest BCUT2D eigenvalue weighted by Gasteiger charge is 2.23. The number of aliphatic hydroxyl groups is 1. The van der Waals surface area contributed by atoms with Crippen LogP contribution in [-0.2, 0) is 9.47 Å². The van der Waals surface area contributed by atoms with Gasteiger partial charge in [0.2, 0.25) is 0 Å². The first-order valence-corrected chi connectivity index (χ1v) is 4.41. The molecule has 1 atom stereocenters. The van der Waals surface area contributed by atoms with Crippen LogP contribution in [0.5, 0.6) is 0 Å². The fraction of sp³-hybridized carbons (Fsp3) is 0.833. The molecule has 0 rings (SSSR count). The lowest BCUT2D eigenvalue weighted by Crippen LogP contribution is -2.27. The Kier molecular flexibility index (Phi) is 5.65. The normalized spacial score (nSPS) is 13.9. The number of carbonyl (C=O) groups excluding carboxylic acids is 1. The quantitative estimate of drug-likeness (QED) is 0.618. The first kappa shape index (κ1) is 13.0. The zero-order valence-electron chi connectivity index (χ0n) is 6.80. The maximum absolute atomic E-state index is 12.0. The molecule has 0 amide bonds. The maximum Gasteiger partial charge on any atom is 0.367 e. The lowest BCUT2D eigenvalue weighted by Gasteiger charge is -2.14. The summed E-state index contributed by atoms with van der Waals surface area (Å²) in [4.78, 5) is 10.2. The molecule has 0 aliphatic heterocycles. The minimum Gasteiger partial charge on any atom is -0.455 e. The van der Waals surface area contributed by atoms with Gasteiger partial charge in [0, 0.05) is 6.92 Å². The minimum atomic E-state index is -3.28. The predicted octanol–water partition coefficient (Wildman–Crippen LogP) is 1.55. The number of hydrogen-bond acceptors (Lipinski definition) is 4. The average molecular weight is 310 g/mol. The molecule has 0 heterocycles. The molecule has 0 fully saturated rings. The lowest BCUT2D eigenvalue weighted by atomic mass is 10.4. The largest absolute Gasteiger partial charge is 0.455 e. The van der Waals surface area contributed by atoms with Crippen LogP contribution in [0.3, 0.4) is 0 Å². The fourth-order valence-corrected chi connectivity index (χ4v) is 0.632. The molecule has 0 radical (unpaired) electrons. The van der Waals surface area contributed by atoms with Crippen molar-refractivity contribution in [1.29, 1.82) is 0 Å². The minimum absolute atomic E-state index is 0.349. The van der Waals surface area contributed by atoms with Gasteiger partial charge in [0.25, 0.3) is 0 Å². The SMILES string of the molecule is CC(F)(F)OCC(O)COC(=O)I. The van der Waals surface area contributed by atoms with E-state index in [0.717, 1.165) is 0 Å². The van der Waals surface area contributed by atoms with Crippen LogP contribution in [0, 0.1) is 0 Å². The first-order chi connectivity index (χ1) is 5.81. The second-order valence-corrected chi connectivity index (χ2v) is 3.20. The van der Waals surface area contributed by atoms with E-state index in [1.807, 2.05) is 0 Å². The van der Waals surface area contributed by atoms with Gasteiger partial charge in [-0.1, -0.05) is 0 Å². The van der Waals surface area contributed by atoms with Crippen molar-refractivity contribution in [2.75, 3.05) is 13.2 Å². The number of alkyl halides is 2. The highest BCUT2D eigenvalue weighted by atomic mass is 127. The number of aliphatic hydroxyl groups excluding tert-OH is 1. The molecule has 0 aliphatic carbocycles. The maximum atomic E-state index is 12.0. The molecule has 1 unspecified atom stereocenters. The van der Waals surface area contributed by atoms with Gasteiger partial charge in [-0.2, -0.15) is 8.78 Å². The van der Waals surface area contributed by atoms with Crippen LogP contribution in [-0.4, -0.2) is 34.5 Å². The number of halogens is 3. The van der Waals surface area contributed by atoms with E-state index >= 15 is 0 Å². The number of hydrogen-bond donors (Lipinski definition) is 1. The Bertz CT molecular complexity index is 171. The number of carbonyl (C=O) groups is 1. The second-order valence-electron chi connectivity index (χ2n) is 2.32. The van der Waals surface area contributed by atoms with Gasteiger partial charge >= 0.3 is 10.1 Å². The Morgan fingerprint density at radius 3 is 2.54 bits per heavy atom. The summed E-state index contributed by atoms with van der Waals surface area (Å²) in [5, 5.41) is 8.92. The summed E-state index contributed by atoms with van der Waals surface area (Å²) in [6, 6.07) is 0. The molecule has 7 heteroatoms. The van der Waals surface area contributed by atoms with Gasteiger partial charge in [-0.05, 0) is 0 Å². The molecule has 13 heavy (non-hydrogen) atoms. The Morgan fingerprint density at radius 2 is 2.15 bits per heavy atom. The third kappa shape index (κ3) is 9.90. The van der Waals surface area contributed by atoms with E-state index in [1.165, 1.54) is 22.6 Å². The summed E-state index contributed by atoms with van der Waals surface area (Å²) in [5.41, 5.74) is 0. The monoisotopic (exact) mass is 310 g/mol. The molecule has 4 nitrogen and oxygen atoms in total. The summed E-state index contributed by atoms with van der Waals surface area (Å²) in [6.45, 7) is -0.366. The van der Waals surface area contributed by atoms with Gasteiger partial charge in [-0.15, -0.1) is 0 Å². The van der Waals surface area contributed by atoms with Crippen LogP contribution in [0.1, 0.15) is 6.92 Å². The summed E-state index contributed by atoms with van der Waals surface area (Å²) in [5.74, 6) is 0. The van der Waals surface area contributed by atoms with Crippen molar-refractivity contribution in [2.24, 2.45) is 0 Å². The van der Waals surface area contributed by atoms with E-state index in [-0.39, 0.29) is 6.61 Å². The molecule has 0 spiro atoms. The Morgan fingerprint density at radius 1 is 1.62 bits per heavy atom. The van der Waals surface area contributed by atoms with Crippen LogP contribution in [0.4, 0.5) is 13.6 Å². The molecule has 1 N–H and O–H groups in total. The standard InChI is InChI=1S/C6H9F2IO4/c1-6(7,8)13-3-4(10)2-12-5(9)11/h4,10H,2-3H2,1H3. The Balaban J connectivity index is 3.52. The van der Waals surface area contributed by atoms with Crippen LogP contribution >= 0.6 is 22.6 Å². The highest BCUT2D eigenvalue weighted by molar-refractivity contribution is 14.1. The first-order valence-electron chi connectivity index (χ1n) is 3.33. The topological polar surface area (TPSA) is 55.8 Å². The van der Waals surface area contributed by atoms with Crippen LogP contribution in [0.25, 0.3) is 0 Å². The molecule has 0 bridgehead atoms. The highest BCUT2D eigenvalue weighted by Crippen LogP contribution is 2.13. The molecule has 0 aliphatic rings. The van der Waals surface area contributed by atoms with Crippen molar-refractivity contribution < 1.29 is 28.2 Å². The van der Waals surface area contributed by atoms with E-state index < -0.39 is 22.8 Å². The molecule has 0 aromatic heterocycles. The van der Waals surface area contributed by atoms with Crippen LogP contribution in [0.15, 0.2) is 0 Å². The molecular weight excluding hydrogens is 301 g/mol. The summed E-state index contributed by atoms with van der Waals surface area (Å²) < 4.78 is 31.8. The number of ether oxygens (including phenoxy) is 2. The second kappa shape index (κ2) is 5.66. The molecule has 0 saturated carbocycles. The molecule has 78 valence electrons. The summed E-state index contributed by atoms with van der Waals surface area (Å²) in [6.07, 6.45) is -4.51. The van der Waals surface area contributed by atoms with E-state index in [9.17, 15) is 13.6 Å². The van der Waals surface area contributed by atoms with E-state index in [4.69, 9.17) is 5.11 Å². The number of rotatable bonds is 5. The predicted molar refractivity (Wildman–Crippen MR) is 47.9 cm³/mol. The third-order valence-corrected chi connectivity index (χ3v) is 1.23. The summed E-state index contributed by atoms with van der Waals surface area (Å²) >= 11 is 1.36. The van der Waals surface area contributed by atoms with Gasteiger partial charge in [-0.25, -0.2) is 4.79 Å². The van der Waals surface area contributed by atoms with Gasteiger partial charge in [0.1, 0.15) is 12.7 Å². The van der Waals surface area contributed by atoms with E-state index in [1.54, 1.807) is 0 Å². The van der Waals surface area contributed by atoms with Crippen molar-refractivity contribution in [3.05, 3.63) is 0 Å². The van der Waals surface area contributed by atoms with Crippen molar-refractivity contribution in [3.63, 3.8) is 0 Å². The molecule has 0 aromatic carbocycles. The smallest absolute Gasteiger partial charge is 0.367 e. The van der Waals surface area contributed by atoms with E-state index in [0.29, 0.717) is 6.92 Å². The molecule has 0 aromatic rings.